The molecule has 8 heteroatoms. The molecule has 0 aliphatic heterocycles. The number of phenolic OH excluding ortho intramolecular Hbond substituents is 1. The first-order valence-electron chi connectivity index (χ1n) is 12.4. The van der Waals surface area contributed by atoms with Crippen molar-refractivity contribution in [1.29, 1.82) is 0 Å². The summed E-state index contributed by atoms with van der Waals surface area (Å²) in [6.07, 6.45) is 4.23. The lowest BCUT2D eigenvalue weighted by Crippen LogP contribution is -2.25. The van der Waals surface area contributed by atoms with E-state index < -0.39 is 40.6 Å². The van der Waals surface area contributed by atoms with E-state index >= 15 is 8.78 Å². The number of halogens is 4. The fourth-order valence-corrected chi connectivity index (χ4v) is 5.01. The minimum absolute atomic E-state index is 0.0128. The molecule has 2 N–H and O–H groups in total. The van der Waals surface area contributed by atoms with Crippen LogP contribution in [0.25, 0.3) is 11.1 Å². The van der Waals surface area contributed by atoms with Crippen molar-refractivity contribution in [3.63, 3.8) is 0 Å². The van der Waals surface area contributed by atoms with Crippen LogP contribution in [0.3, 0.4) is 0 Å². The molecule has 0 amide bonds. The van der Waals surface area contributed by atoms with Crippen LogP contribution in [0.4, 0.5) is 17.6 Å². The van der Waals surface area contributed by atoms with Gasteiger partial charge in [-0.15, -0.1) is 0 Å². The number of phenols is 1. The topological polar surface area (TPSA) is 66.8 Å². The van der Waals surface area contributed by atoms with E-state index in [1.807, 2.05) is 6.92 Å². The quantitative estimate of drug-likeness (QED) is 0.197. The van der Waals surface area contributed by atoms with E-state index in [0.717, 1.165) is 37.8 Å². The van der Waals surface area contributed by atoms with Gasteiger partial charge in [-0.25, -0.2) is 18.0 Å². The summed E-state index contributed by atoms with van der Waals surface area (Å²) in [6.45, 7) is 2.02. The molecule has 1 aliphatic rings. The molecule has 0 heterocycles. The number of hydrogen-bond acceptors (Lipinski definition) is 4. The van der Waals surface area contributed by atoms with Crippen LogP contribution in [0.5, 0.6) is 11.5 Å². The Hall–Kier alpha value is -3.39. The molecular formula is C29H28F4O4. The van der Waals surface area contributed by atoms with Gasteiger partial charge in [0.25, 0.3) is 0 Å². The van der Waals surface area contributed by atoms with Crippen molar-refractivity contribution in [2.75, 3.05) is 0 Å². The summed E-state index contributed by atoms with van der Waals surface area (Å²) in [7, 11) is 0. The Kier molecular flexibility index (Phi) is 8.17. The second-order valence-electron chi connectivity index (χ2n) is 9.47. The molecule has 0 bridgehead atoms. The zero-order valence-electron chi connectivity index (χ0n) is 20.3. The molecule has 196 valence electrons. The molecule has 1 saturated carbocycles. The van der Waals surface area contributed by atoms with Gasteiger partial charge in [-0.1, -0.05) is 37.6 Å². The van der Waals surface area contributed by atoms with E-state index in [9.17, 15) is 23.8 Å². The lowest BCUT2D eigenvalue weighted by atomic mass is 9.75. The maximum Gasteiger partial charge on any atom is 0.346 e. The van der Waals surface area contributed by atoms with Crippen LogP contribution >= 0.6 is 0 Å². The average molecular weight is 517 g/mol. The first-order chi connectivity index (χ1) is 17.7. The summed E-state index contributed by atoms with van der Waals surface area (Å²) in [5, 5.41) is 19.4. The van der Waals surface area contributed by atoms with Crippen LogP contribution in [-0.2, 0) is 0 Å². The molecule has 1 atom stereocenters. The molecule has 1 unspecified atom stereocenters. The molecule has 0 spiro atoms. The van der Waals surface area contributed by atoms with Crippen molar-refractivity contribution in [2.45, 2.75) is 57.5 Å². The monoisotopic (exact) mass is 516 g/mol. The van der Waals surface area contributed by atoms with Gasteiger partial charge in [0.2, 0.25) is 5.82 Å². The highest BCUT2D eigenvalue weighted by Crippen LogP contribution is 2.40. The van der Waals surface area contributed by atoms with Crippen molar-refractivity contribution < 1.29 is 37.3 Å². The third kappa shape index (κ3) is 5.64. The van der Waals surface area contributed by atoms with E-state index in [-0.39, 0.29) is 29.3 Å². The Morgan fingerprint density at radius 3 is 2.22 bits per heavy atom. The van der Waals surface area contributed by atoms with Crippen LogP contribution in [0.1, 0.15) is 67.3 Å². The normalized spacial score (nSPS) is 18.4. The highest BCUT2D eigenvalue weighted by molar-refractivity contribution is 5.91. The number of esters is 1. The number of ether oxygens (including phenoxy) is 1. The van der Waals surface area contributed by atoms with E-state index in [1.165, 1.54) is 30.3 Å². The number of aliphatic hydroxyl groups excluding tert-OH is 1. The number of hydrogen-bond donors (Lipinski definition) is 2. The molecular weight excluding hydrogens is 488 g/mol. The van der Waals surface area contributed by atoms with Crippen molar-refractivity contribution >= 4 is 5.97 Å². The molecule has 4 nitrogen and oxygen atoms in total. The zero-order valence-corrected chi connectivity index (χ0v) is 20.3. The van der Waals surface area contributed by atoms with E-state index in [1.54, 1.807) is 6.07 Å². The van der Waals surface area contributed by atoms with Gasteiger partial charge in [0.15, 0.2) is 23.2 Å². The first kappa shape index (κ1) is 26.7. The molecule has 0 saturated heterocycles. The Labute approximate surface area is 212 Å². The fourth-order valence-electron chi connectivity index (χ4n) is 5.01. The van der Waals surface area contributed by atoms with E-state index in [0.29, 0.717) is 24.0 Å². The Morgan fingerprint density at radius 2 is 1.57 bits per heavy atom. The van der Waals surface area contributed by atoms with Crippen LogP contribution < -0.4 is 4.74 Å². The first-order valence-corrected chi connectivity index (χ1v) is 12.4. The zero-order chi connectivity index (χ0) is 26.7. The Bertz CT molecular complexity index is 1270. The Morgan fingerprint density at radius 1 is 0.892 bits per heavy atom. The third-order valence-electron chi connectivity index (χ3n) is 7.11. The number of benzene rings is 3. The van der Waals surface area contributed by atoms with Gasteiger partial charge in [-0.2, -0.15) is 4.39 Å². The van der Waals surface area contributed by atoms with Gasteiger partial charge < -0.3 is 14.9 Å². The number of aromatic hydroxyl groups is 1. The highest BCUT2D eigenvalue weighted by Gasteiger charge is 2.29. The van der Waals surface area contributed by atoms with Crippen LogP contribution in [-0.4, -0.2) is 22.3 Å². The van der Waals surface area contributed by atoms with Crippen molar-refractivity contribution in [3.8, 4) is 22.6 Å². The number of carbonyl (C=O) groups is 1. The maximum absolute atomic E-state index is 15.1. The smallest absolute Gasteiger partial charge is 0.346 e. The highest BCUT2D eigenvalue weighted by atomic mass is 19.2. The van der Waals surface area contributed by atoms with Gasteiger partial charge in [-0.05, 0) is 79.3 Å². The predicted molar refractivity (Wildman–Crippen MR) is 130 cm³/mol. The van der Waals surface area contributed by atoms with Crippen LogP contribution in [0, 0.1) is 29.2 Å². The Balaban J connectivity index is 1.46. The largest absolute Gasteiger partial charge is 0.505 e. The summed E-state index contributed by atoms with van der Waals surface area (Å²) < 4.78 is 62.6. The van der Waals surface area contributed by atoms with Gasteiger partial charge in [0.05, 0.1) is 11.7 Å². The van der Waals surface area contributed by atoms with E-state index in [4.69, 9.17) is 4.74 Å². The second-order valence-corrected chi connectivity index (χ2v) is 9.47. The standard InChI is InChI=1S/C29H28F4O4/c1-2-3-23(34)18-6-4-16(5-7-18)20-12-13-21(26(31)25(20)30)17-8-10-19(11-9-17)37-29(36)22-14-15-24(35)28(33)27(22)32/h8-16,18,23,34-35H,2-7H2,1H3. The summed E-state index contributed by atoms with van der Waals surface area (Å²) >= 11 is 0. The lowest BCUT2D eigenvalue weighted by molar-refractivity contribution is 0.0723. The minimum Gasteiger partial charge on any atom is -0.505 e. The number of rotatable bonds is 7. The fraction of sp³-hybridized carbons (Fsp3) is 0.345. The molecule has 37 heavy (non-hydrogen) atoms. The second kappa shape index (κ2) is 11.3. The molecule has 4 rings (SSSR count). The summed E-state index contributed by atoms with van der Waals surface area (Å²) in [6, 6.07) is 10.3. The molecule has 1 aliphatic carbocycles. The molecule has 3 aromatic carbocycles. The van der Waals surface area contributed by atoms with Crippen LogP contribution in [0.15, 0.2) is 48.5 Å². The average Bonchev–Trinajstić information content (AvgIpc) is 2.90. The molecule has 3 aromatic rings. The molecule has 0 radical (unpaired) electrons. The van der Waals surface area contributed by atoms with Gasteiger partial charge >= 0.3 is 5.97 Å². The van der Waals surface area contributed by atoms with Crippen molar-refractivity contribution in [2.24, 2.45) is 5.92 Å². The predicted octanol–water partition coefficient (Wildman–Crippen LogP) is 7.27. The van der Waals surface area contributed by atoms with Gasteiger partial charge in [-0.3, -0.25) is 0 Å². The molecule has 0 aromatic heterocycles. The summed E-state index contributed by atoms with van der Waals surface area (Å²) in [4.78, 5) is 12.2. The van der Waals surface area contributed by atoms with Crippen LogP contribution in [0.2, 0.25) is 0 Å². The van der Waals surface area contributed by atoms with Gasteiger partial charge in [0, 0.05) is 5.56 Å². The minimum atomic E-state index is -1.56. The lowest BCUT2D eigenvalue weighted by Gasteiger charge is -2.32. The summed E-state index contributed by atoms with van der Waals surface area (Å²) in [5.41, 5.74) is 0.0178. The van der Waals surface area contributed by atoms with Gasteiger partial charge in [0.1, 0.15) is 5.75 Å². The third-order valence-corrected chi connectivity index (χ3v) is 7.11. The molecule has 1 fully saturated rings. The summed E-state index contributed by atoms with van der Waals surface area (Å²) in [5.74, 6) is -7.01. The number of carbonyl (C=O) groups excluding carboxylic acids is 1. The van der Waals surface area contributed by atoms with E-state index in [2.05, 4.69) is 0 Å². The van der Waals surface area contributed by atoms with Crippen molar-refractivity contribution in [3.05, 3.63) is 82.9 Å². The number of aliphatic hydroxyl groups is 1. The van der Waals surface area contributed by atoms with Crippen molar-refractivity contribution in [1.82, 2.24) is 0 Å². The maximum atomic E-state index is 15.1. The SMILES string of the molecule is CCCC(O)C1CCC(c2ccc(-c3ccc(OC(=O)c4ccc(O)c(F)c4F)cc3)c(F)c2F)CC1.